The monoisotopic (exact) mass is 265 g/mol. The lowest BCUT2D eigenvalue weighted by Crippen LogP contribution is -1.99. The summed E-state index contributed by atoms with van der Waals surface area (Å²) < 4.78 is 7.53. The van der Waals surface area contributed by atoms with E-state index < -0.39 is 0 Å². The minimum absolute atomic E-state index is 0.494. The number of ether oxygens (including phenoxy) is 1. The number of aromatic nitrogens is 2. The molecule has 0 saturated heterocycles. The van der Waals surface area contributed by atoms with Gasteiger partial charge in [0, 0.05) is 12.4 Å². The summed E-state index contributed by atoms with van der Waals surface area (Å²) in [6, 6.07) is 17.5. The molecule has 0 spiro atoms. The van der Waals surface area contributed by atoms with Gasteiger partial charge in [-0.05, 0) is 35.9 Å². The third-order valence-electron chi connectivity index (χ3n) is 3.02. The molecule has 3 aromatic rings. The van der Waals surface area contributed by atoms with Gasteiger partial charge in [-0.1, -0.05) is 24.3 Å². The van der Waals surface area contributed by atoms with Crippen LogP contribution in [-0.4, -0.2) is 9.78 Å². The van der Waals surface area contributed by atoms with Gasteiger partial charge in [-0.2, -0.15) is 5.10 Å². The van der Waals surface area contributed by atoms with Gasteiger partial charge in [0.1, 0.15) is 12.4 Å². The Balaban J connectivity index is 1.68. The van der Waals surface area contributed by atoms with Gasteiger partial charge < -0.3 is 10.5 Å². The summed E-state index contributed by atoms with van der Waals surface area (Å²) in [4.78, 5) is 0. The average Bonchev–Trinajstić information content (AvgIpc) is 3.01. The fraction of sp³-hybridized carbons (Fsp3) is 0.0625. The summed E-state index contributed by atoms with van der Waals surface area (Å²) in [5, 5.41) is 4.19. The summed E-state index contributed by atoms with van der Waals surface area (Å²) in [7, 11) is 0. The molecule has 0 atom stereocenters. The summed E-state index contributed by atoms with van der Waals surface area (Å²) in [6.45, 7) is 0.494. The molecule has 0 unspecified atom stereocenters. The van der Waals surface area contributed by atoms with Crippen LogP contribution in [0.4, 0.5) is 5.69 Å². The molecule has 0 aliphatic carbocycles. The van der Waals surface area contributed by atoms with Crippen molar-refractivity contribution in [1.82, 2.24) is 9.78 Å². The van der Waals surface area contributed by atoms with E-state index in [1.54, 1.807) is 6.20 Å². The average molecular weight is 265 g/mol. The zero-order valence-corrected chi connectivity index (χ0v) is 10.9. The predicted molar refractivity (Wildman–Crippen MR) is 78.8 cm³/mol. The number of hydrogen-bond acceptors (Lipinski definition) is 3. The Kier molecular flexibility index (Phi) is 3.37. The summed E-state index contributed by atoms with van der Waals surface area (Å²) in [6.07, 6.45) is 3.67. The lowest BCUT2D eigenvalue weighted by atomic mass is 10.2. The van der Waals surface area contributed by atoms with E-state index in [0.29, 0.717) is 18.0 Å². The maximum Gasteiger partial charge on any atom is 0.142 e. The number of anilines is 1. The zero-order chi connectivity index (χ0) is 13.8. The Morgan fingerprint density at radius 3 is 2.50 bits per heavy atom. The first-order valence-electron chi connectivity index (χ1n) is 6.39. The fourth-order valence-electron chi connectivity index (χ4n) is 1.94. The number of para-hydroxylation sites is 2. The largest absolute Gasteiger partial charge is 0.487 e. The van der Waals surface area contributed by atoms with Crippen LogP contribution < -0.4 is 10.5 Å². The molecule has 2 aromatic carbocycles. The smallest absolute Gasteiger partial charge is 0.142 e. The number of rotatable bonds is 4. The first-order chi connectivity index (χ1) is 9.83. The van der Waals surface area contributed by atoms with Gasteiger partial charge in [0.15, 0.2) is 0 Å². The van der Waals surface area contributed by atoms with Crippen molar-refractivity contribution in [3.8, 4) is 11.4 Å². The van der Waals surface area contributed by atoms with E-state index in [-0.39, 0.29) is 0 Å². The van der Waals surface area contributed by atoms with E-state index in [1.165, 1.54) is 0 Å². The summed E-state index contributed by atoms with van der Waals surface area (Å²) >= 11 is 0. The van der Waals surface area contributed by atoms with E-state index in [2.05, 4.69) is 5.10 Å². The Labute approximate surface area is 117 Å². The van der Waals surface area contributed by atoms with Crippen LogP contribution in [0.3, 0.4) is 0 Å². The van der Waals surface area contributed by atoms with E-state index in [4.69, 9.17) is 10.5 Å². The molecule has 1 heterocycles. The Morgan fingerprint density at radius 2 is 1.80 bits per heavy atom. The molecule has 0 aliphatic rings. The van der Waals surface area contributed by atoms with E-state index >= 15 is 0 Å². The molecular weight excluding hydrogens is 250 g/mol. The second-order valence-electron chi connectivity index (χ2n) is 4.44. The van der Waals surface area contributed by atoms with Gasteiger partial charge >= 0.3 is 0 Å². The Hall–Kier alpha value is -2.75. The molecule has 2 N–H and O–H groups in total. The van der Waals surface area contributed by atoms with Gasteiger partial charge in [-0.3, -0.25) is 0 Å². The molecule has 0 aliphatic heterocycles. The van der Waals surface area contributed by atoms with Crippen molar-refractivity contribution < 1.29 is 4.74 Å². The molecule has 0 bridgehead atoms. The van der Waals surface area contributed by atoms with Crippen molar-refractivity contribution in [2.75, 3.05) is 5.73 Å². The van der Waals surface area contributed by atoms with Crippen LogP contribution in [0.15, 0.2) is 67.0 Å². The van der Waals surface area contributed by atoms with Crippen molar-refractivity contribution in [2.24, 2.45) is 0 Å². The van der Waals surface area contributed by atoms with Crippen LogP contribution in [0.5, 0.6) is 5.75 Å². The second-order valence-corrected chi connectivity index (χ2v) is 4.44. The first-order valence-corrected chi connectivity index (χ1v) is 6.39. The number of nitrogens with zero attached hydrogens (tertiary/aromatic N) is 2. The standard InChI is InChI=1S/C16H15N3O/c17-15-4-1-2-5-16(15)20-12-13-6-8-14(9-7-13)19-11-3-10-18-19/h1-11H,12,17H2. The molecule has 3 rings (SSSR count). The lowest BCUT2D eigenvalue weighted by Gasteiger charge is -2.09. The van der Waals surface area contributed by atoms with Crippen molar-refractivity contribution in [3.05, 3.63) is 72.6 Å². The van der Waals surface area contributed by atoms with Crippen LogP contribution in [-0.2, 0) is 6.61 Å². The SMILES string of the molecule is Nc1ccccc1OCc1ccc(-n2cccn2)cc1. The normalized spacial score (nSPS) is 10.4. The number of hydrogen-bond donors (Lipinski definition) is 1. The summed E-state index contributed by atoms with van der Waals surface area (Å²) in [5.41, 5.74) is 8.60. The third-order valence-corrected chi connectivity index (χ3v) is 3.02. The topological polar surface area (TPSA) is 53.1 Å². The van der Waals surface area contributed by atoms with E-state index in [1.807, 2.05) is 65.5 Å². The lowest BCUT2D eigenvalue weighted by molar-refractivity contribution is 0.308. The van der Waals surface area contributed by atoms with Gasteiger partial charge in [-0.15, -0.1) is 0 Å². The molecule has 1 aromatic heterocycles. The molecule has 0 radical (unpaired) electrons. The van der Waals surface area contributed by atoms with Crippen LogP contribution in [0, 0.1) is 0 Å². The first kappa shape index (κ1) is 12.3. The van der Waals surface area contributed by atoms with Crippen LogP contribution >= 0.6 is 0 Å². The maximum absolute atomic E-state index is 5.84. The van der Waals surface area contributed by atoms with Crippen molar-refractivity contribution in [1.29, 1.82) is 0 Å². The van der Waals surface area contributed by atoms with Crippen LogP contribution in [0.2, 0.25) is 0 Å². The molecule has 100 valence electrons. The highest BCUT2D eigenvalue weighted by Crippen LogP contribution is 2.21. The van der Waals surface area contributed by atoms with Crippen LogP contribution in [0.25, 0.3) is 5.69 Å². The molecule has 20 heavy (non-hydrogen) atoms. The number of benzene rings is 2. The Morgan fingerprint density at radius 1 is 1.00 bits per heavy atom. The van der Waals surface area contributed by atoms with E-state index in [0.717, 1.165) is 11.3 Å². The highest BCUT2D eigenvalue weighted by atomic mass is 16.5. The van der Waals surface area contributed by atoms with Gasteiger partial charge in [0.25, 0.3) is 0 Å². The number of nitrogen functional groups attached to an aromatic ring is 1. The number of nitrogens with two attached hydrogens (primary N) is 1. The highest BCUT2D eigenvalue weighted by molar-refractivity contribution is 5.51. The van der Waals surface area contributed by atoms with Crippen LogP contribution in [0.1, 0.15) is 5.56 Å². The van der Waals surface area contributed by atoms with Gasteiger partial charge in [-0.25, -0.2) is 4.68 Å². The fourth-order valence-corrected chi connectivity index (χ4v) is 1.94. The maximum atomic E-state index is 5.84. The van der Waals surface area contributed by atoms with Crippen molar-refractivity contribution in [2.45, 2.75) is 6.61 Å². The molecule has 4 nitrogen and oxygen atoms in total. The summed E-state index contributed by atoms with van der Waals surface area (Å²) in [5.74, 6) is 0.712. The molecule has 0 amide bonds. The quantitative estimate of drug-likeness (QED) is 0.738. The second kappa shape index (κ2) is 5.48. The van der Waals surface area contributed by atoms with Gasteiger partial charge in [0.2, 0.25) is 0 Å². The Bertz CT molecular complexity index is 675. The molecular formula is C16H15N3O. The third kappa shape index (κ3) is 2.64. The van der Waals surface area contributed by atoms with Crippen molar-refractivity contribution >= 4 is 5.69 Å². The predicted octanol–water partition coefficient (Wildman–Crippen LogP) is 3.03. The molecule has 0 saturated carbocycles. The molecule has 0 fully saturated rings. The zero-order valence-electron chi connectivity index (χ0n) is 10.9. The minimum atomic E-state index is 0.494. The van der Waals surface area contributed by atoms with Crippen molar-refractivity contribution in [3.63, 3.8) is 0 Å². The van der Waals surface area contributed by atoms with E-state index in [9.17, 15) is 0 Å². The minimum Gasteiger partial charge on any atom is -0.487 e. The highest BCUT2D eigenvalue weighted by Gasteiger charge is 2.01. The molecule has 4 heteroatoms. The van der Waals surface area contributed by atoms with Gasteiger partial charge in [0.05, 0.1) is 11.4 Å².